The lowest BCUT2D eigenvalue weighted by molar-refractivity contribution is -0.910. The van der Waals surface area contributed by atoms with Gasteiger partial charge in [-0.05, 0) is 29.3 Å². The van der Waals surface area contributed by atoms with E-state index in [4.69, 9.17) is 14.2 Å². The van der Waals surface area contributed by atoms with E-state index in [0.29, 0.717) is 5.75 Å². The largest absolute Gasteiger partial charge is 0.497 e. The maximum Gasteiger partial charge on any atom is 0.130 e. The molecule has 0 amide bonds. The SMILES string of the molecule is COc1ccc(C(O)(c2ccccc2OC)C(C[NH+]2CCOCC2)c2ccccc2)cc1. The summed E-state index contributed by atoms with van der Waals surface area (Å²) in [7, 11) is 3.30. The maximum atomic E-state index is 12.7. The Balaban J connectivity index is 1.89. The van der Waals surface area contributed by atoms with Crippen molar-refractivity contribution in [2.75, 3.05) is 47.1 Å². The molecule has 0 saturated carbocycles. The first kappa shape index (κ1) is 22.3. The Morgan fingerprint density at radius 3 is 2.19 bits per heavy atom. The van der Waals surface area contributed by atoms with Crippen LogP contribution in [0.5, 0.6) is 11.5 Å². The first-order valence-corrected chi connectivity index (χ1v) is 11.1. The number of para-hydroxylation sites is 1. The highest BCUT2D eigenvalue weighted by atomic mass is 16.5. The number of benzene rings is 3. The summed E-state index contributed by atoms with van der Waals surface area (Å²) in [4.78, 5) is 1.42. The topological polar surface area (TPSA) is 52.4 Å². The van der Waals surface area contributed by atoms with Gasteiger partial charge in [0, 0.05) is 5.56 Å². The molecule has 0 bridgehead atoms. The van der Waals surface area contributed by atoms with Crippen LogP contribution in [0.1, 0.15) is 22.6 Å². The third kappa shape index (κ3) is 4.51. The van der Waals surface area contributed by atoms with Crippen LogP contribution < -0.4 is 14.4 Å². The van der Waals surface area contributed by atoms with E-state index < -0.39 is 5.60 Å². The normalized spacial score (nSPS) is 17.3. The average molecular weight is 435 g/mol. The van der Waals surface area contributed by atoms with Gasteiger partial charge in [0.1, 0.15) is 30.2 Å². The predicted octanol–water partition coefficient (Wildman–Crippen LogP) is 2.64. The van der Waals surface area contributed by atoms with Gasteiger partial charge >= 0.3 is 0 Å². The van der Waals surface area contributed by atoms with Gasteiger partial charge in [-0.3, -0.25) is 0 Å². The summed E-state index contributed by atoms with van der Waals surface area (Å²) in [6, 6.07) is 25.8. The number of quaternary nitrogens is 1. The summed E-state index contributed by atoms with van der Waals surface area (Å²) in [5.74, 6) is 1.23. The van der Waals surface area contributed by atoms with Crippen LogP contribution in [0.3, 0.4) is 0 Å². The van der Waals surface area contributed by atoms with E-state index in [1.54, 1.807) is 14.2 Å². The number of morpholine rings is 1. The molecule has 5 heteroatoms. The molecule has 32 heavy (non-hydrogen) atoms. The summed E-state index contributed by atoms with van der Waals surface area (Å²) in [5, 5.41) is 12.7. The molecule has 0 spiro atoms. The Morgan fingerprint density at radius 2 is 1.53 bits per heavy atom. The highest BCUT2D eigenvalue weighted by Crippen LogP contribution is 2.45. The summed E-state index contributed by atoms with van der Waals surface area (Å²) >= 11 is 0. The zero-order chi connectivity index (χ0) is 22.4. The van der Waals surface area contributed by atoms with Crippen molar-refractivity contribution < 1.29 is 24.2 Å². The minimum Gasteiger partial charge on any atom is -0.497 e. The van der Waals surface area contributed by atoms with Crippen LogP contribution in [0, 0.1) is 0 Å². The van der Waals surface area contributed by atoms with Crippen LogP contribution >= 0.6 is 0 Å². The second kappa shape index (κ2) is 10.2. The monoisotopic (exact) mass is 434 g/mol. The van der Waals surface area contributed by atoms with E-state index in [1.165, 1.54) is 4.90 Å². The van der Waals surface area contributed by atoms with E-state index in [-0.39, 0.29) is 5.92 Å². The van der Waals surface area contributed by atoms with Crippen molar-refractivity contribution in [3.05, 3.63) is 95.6 Å². The molecule has 1 saturated heterocycles. The fourth-order valence-electron chi connectivity index (χ4n) is 4.69. The van der Waals surface area contributed by atoms with Crippen molar-refractivity contribution in [1.29, 1.82) is 0 Å². The Kier molecular flexibility index (Phi) is 7.10. The molecule has 1 aliphatic heterocycles. The lowest BCUT2D eigenvalue weighted by Gasteiger charge is -2.40. The fraction of sp³-hybridized carbons (Fsp3) is 0.333. The van der Waals surface area contributed by atoms with E-state index >= 15 is 0 Å². The van der Waals surface area contributed by atoms with Gasteiger partial charge in [0.05, 0.1) is 39.9 Å². The molecule has 4 rings (SSSR count). The molecule has 1 aliphatic rings. The Morgan fingerprint density at radius 1 is 0.875 bits per heavy atom. The molecule has 0 aromatic heterocycles. The van der Waals surface area contributed by atoms with Gasteiger partial charge in [-0.1, -0.05) is 60.7 Å². The number of hydrogen-bond donors (Lipinski definition) is 2. The average Bonchev–Trinajstić information content (AvgIpc) is 2.88. The van der Waals surface area contributed by atoms with Gasteiger partial charge < -0.3 is 24.2 Å². The summed E-state index contributed by atoms with van der Waals surface area (Å²) in [5.41, 5.74) is 1.36. The minimum absolute atomic E-state index is 0.193. The maximum absolute atomic E-state index is 12.7. The van der Waals surface area contributed by atoms with E-state index in [2.05, 4.69) is 12.1 Å². The molecule has 2 unspecified atom stereocenters. The number of aliphatic hydroxyl groups is 1. The molecule has 168 valence electrons. The third-order valence-corrected chi connectivity index (χ3v) is 6.45. The van der Waals surface area contributed by atoms with Crippen molar-refractivity contribution >= 4 is 0 Å². The van der Waals surface area contributed by atoms with Crippen molar-refractivity contribution in [3.63, 3.8) is 0 Å². The number of rotatable bonds is 8. The van der Waals surface area contributed by atoms with Crippen LogP contribution in [0.2, 0.25) is 0 Å². The molecule has 5 nitrogen and oxygen atoms in total. The highest BCUT2D eigenvalue weighted by molar-refractivity contribution is 5.49. The van der Waals surface area contributed by atoms with Gasteiger partial charge in [0.2, 0.25) is 0 Å². The van der Waals surface area contributed by atoms with Gasteiger partial charge in [-0.2, -0.15) is 0 Å². The molecule has 0 radical (unpaired) electrons. The van der Waals surface area contributed by atoms with Crippen LogP contribution in [0.25, 0.3) is 0 Å². The summed E-state index contributed by atoms with van der Waals surface area (Å²) in [6.45, 7) is 4.11. The Hall–Kier alpha value is -2.86. The second-order valence-corrected chi connectivity index (χ2v) is 8.22. The smallest absolute Gasteiger partial charge is 0.130 e. The Labute approximate surface area is 190 Å². The number of hydrogen-bond acceptors (Lipinski definition) is 4. The zero-order valence-electron chi connectivity index (χ0n) is 18.8. The predicted molar refractivity (Wildman–Crippen MR) is 125 cm³/mol. The molecule has 1 fully saturated rings. The van der Waals surface area contributed by atoms with Crippen LogP contribution in [0.15, 0.2) is 78.9 Å². The highest BCUT2D eigenvalue weighted by Gasteiger charge is 2.45. The van der Waals surface area contributed by atoms with Crippen LogP contribution in [0.4, 0.5) is 0 Å². The van der Waals surface area contributed by atoms with Crippen molar-refractivity contribution in [2.45, 2.75) is 11.5 Å². The standard InChI is InChI=1S/C27H31NO4/c1-30-23-14-12-22(13-15-23)27(29,24-10-6-7-11-26(24)31-2)25(21-8-4-3-5-9-21)20-28-16-18-32-19-17-28/h3-15,25,29H,16-20H2,1-2H3/p+1. The van der Waals surface area contributed by atoms with Gasteiger partial charge in [0.15, 0.2) is 0 Å². The molecule has 0 aliphatic carbocycles. The minimum atomic E-state index is -1.30. The molecular weight excluding hydrogens is 402 g/mol. The van der Waals surface area contributed by atoms with E-state index in [9.17, 15) is 5.11 Å². The summed E-state index contributed by atoms with van der Waals surface area (Å²) in [6.07, 6.45) is 0. The lowest BCUT2D eigenvalue weighted by atomic mass is 9.72. The summed E-state index contributed by atoms with van der Waals surface area (Å²) < 4.78 is 16.7. The lowest BCUT2D eigenvalue weighted by Crippen LogP contribution is -3.14. The van der Waals surface area contributed by atoms with Crippen molar-refractivity contribution in [3.8, 4) is 11.5 Å². The van der Waals surface area contributed by atoms with Gasteiger partial charge in [-0.25, -0.2) is 0 Å². The van der Waals surface area contributed by atoms with Gasteiger partial charge in [0.25, 0.3) is 0 Å². The van der Waals surface area contributed by atoms with Crippen LogP contribution in [-0.4, -0.2) is 52.2 Å². The quantitative estimate of drug-likeness (QED) is 0.572. The first-order chi connectivity index (χ1) is 15.7. The fourth-order valence-corrected chi connectivity index (χ4v) is 4.69. The zero-order valence-corrected chi connectivity index (χ0v) is 18.8. The number of nitrogens with one attached hydrogen (secondary N) is 1. The molecule has 1 heterocycles. The molecule has 2 atom stereocenters. The molecule has 3 aromatic carbocycles. The molecule has 3 aromatic rings. The van der Waals surface area contributed by atoms with Gasteiger partial charge in [-0.15, -0.1) is 0 Å². The van der Waals surface area contributed by atoms with E-state index in [0.717, 1.165) is 55.3 Å². The van der Waals surface area contributed by atoms with Crippen LogP contribution in [-0.2, 0) is 10.3 Å². The second-order valence-electron chi connectivity index (χ2n) is 8.22. The van der Waals surface area contributed by atoms with Crippen molar-refractivity contribution in [1.82, 2.24) is 0 Å². The van der Waals surface area contributed by atoms with E-state index in [1.807, 2.05) is 66.7 Å². The third-order valence-electron chi connectivity index (χ3n) is 6.45. The molecular formula is C27H32NO4+. The number of methoxy groups -OCH3 is 2. The van der Waals surface area contributed by atoms with Crippen molar-refractivity contribution in [2.24, 2.45) is 0 Å². The molecule has 2 N–H and O–H groups in total. The number of ether oxygens (including phenoxy) is 3. The Bertz CT molecular complexity index is 986. The first-order valence-electron chi connectivity index (χ1n) is 11.1.